The molecule has 2 N–H and O–H groups in total. The molecule has 5 heteroatoms. The van der Waals surface area contributed by atoms with Crippen LogP contribution in [0.25, 0.3) is 0 Å². The van der Waals surface area contributed by atoms with Gasteiger partial charge in [-0.15, -0.1) is 0 Å². The van der Waals surface area contributed by atoms with Crippen molar-refractivity contribution in [2.75, 3.05) is 39.8 Å². The van der Waals surface area contributed by atoms with E-state index in [-0.39, 0.29) is 5.82 Å². The first-order valence-electron chi connectivity index (χ1n) is 7.66. The highest BCUT2D eigenvalue weighted by atomic mass is 19.1. The summed E-state index contributed by atoms with van der Waals surface area (Å²) in [5.74, 6) is 0.0140. The fourth-order valence-corrected chi connectivity index (χ4v) is 2.93. The van der Waals surface area contributed by atoms with Gasteiger partial charge < -0.3 is 10.5 Å². The molecule has 118 valence electrons. The van der Waals surface area contributed by atoms with E-state index in [1.807, 2.05) is 6.07 Å². The number of piperazine rings is 1. The summed E-state index contributed by atoms with van der Waals surface area (Å²) >= 11 is 0. The van der Waals surface area contributed by atoms with Gasteiger partial charge in [-0.1, -0.05) is 13.0 Å². The van der Waals surface area contributed by atoms with Crippen LogP contribution in [0.4, 0.5) is 4.39 Å². The molecule has 0 aliphatic carbocycles. The Balaban J connectivity index is 1.87. The maximum atomic E-state index is 13.7. The van der Waals surface area contributed by atoms with E-state index in [0.717, 1.165) is 51.3 Å². The zero-order valence-electron chi connectivity index (χ0n) is 13.0. The maximum absolute atomic E-state index is 13.7. The minimum atomic E-state index is -0.289. The Bertz CT molecular complexity index is 443. The smallest absolute Gasteiger partial charge is 0.165 e. The minimum absolute atomic E-state index is 0.289. The van der Waals surface area contributed by atoms with Crippen LogP contribution < -0.4 is 10.5 Å². The summed E-state index contributed by atoms with van der Waals surface area (Å²) in [4.78, 5) is 4.83. The molecule has 0 aromatic heterocycles. The number of ether oxygens (including phenoxy) is 1. The van der Waals surface area contributed by atoms with E-state index in [4.69, 9.17) is 10.5 Å². The van der Waals surface area contributed by atoms with E-state index in [1.165, 1.54) is 7.11 Å². The van der Waals surface area contributed by atoms with Crippen molar-refractivity contribution in [3.63, 3.8) is 0 Å². The molecule has 1 unspecified atom stereocenters. The number of benzene rings is 1. The average Bonchev–Trinajstić information content (AvgIpc) is 2.50. The Hall–Kier alpha value is -1.17. The van der Waals surface area contributed by atoms with E-state index >= 15 is 0 Å². The molecule has 0 amide bonds. The SMILES string of the molecule is CCC(CN)N1CCN(Cc2ccc(OC)c(F)c2)CC1. The zero-order chi connectivity index (χ0) is 15.2. The summed E-state index contributed by atoms with van der Waals surface area (Å²) in [7, 11) is 1.49. The number of halogens is 1. The topological polar surface area (TPSA) is 41.7 Å². The molecule has 1 saturated heterocycles. The van der Waals surface area contributed by atoms with Crippen LogP contribution in [0, 0.1) is 5.82 Å². The van der Waals surface area contributed by atoms with Crippen LogP contribution in [-0.4, -0.2) is 55.7 Å². The predicted octanol–water partition coefficient (Wildman–Crippen LogP) is 1.69. The number of nitrogens with zero attached hydrogens (tertiary/aromatic N) is 2. The molecule has 4 nitrogen and oxygen atoms in total. The second-order valence-electron chi connectivity index (χ2n) is 5.58. The van der Waals surface area contributed by atoms with Gasteiger partial charge in [0.25, 0.3) is 0 Å². The second kappa shape index (κ2) is 7.73. The van der Waals surface area contributed by atoms with Crippen molar-refractivity contribution in [1.82, 2.24) is 9.80 Å². The molecule has 1 aromatic carbocycles. The summed E-state index contributed by atoms with van der Waals surface area (Å²) in [5, 5.41) is 0. The molecule has 0 saturated carbocycles. The highest BCUT2D eigenvalue weighted by Gasteiger charge is 2.21. The second-order valence-corrected chi connectivity index (χ2v) is 5.58. The normalized spacial score (nSPS) is 18.7. The van der Waals surface area contributed by atoms with Crippen molar-refractivity contribution in [2.45, 2.75) is 25.9 Å². The lowest BCUT2D eigenvalue weighted by Crippen LogP contribution is -2.51. The fraction of sp³-hybridized carbons (Fsp3) is 0.625. The first-order chi connectivity index (χ1) is 10.2. The molecular weight excluding hydrogens is 269 g/mol. The zero-order valence-corrected chi connectivity index (χ0v) is 13.0. The van der Waals surface area contributed by atoms with Gasteiger partial charge in [0.1, 0.15) is 0 Å². The fourth-order valence-electron chi connectivity index (χ4n) is 2.93. The van der Waals surface area contributed by atoms with Gasteiger partial charge in [-0.3, -0.25) is 9.80 Å². The summed E-state index contributed by atoms with van der Waals surface area (Å²) < 4.78 is 18.6. The highest BCUT2D eigenvalue weighted by molar-refractivity contribution is 5.29. The number of hydrogen-bond acceptors (Lipinski definition) is 4. The summed E-state index contributed by atoms with van der Waals surface area (Å²) in [5.41, 5.74) is 6.80. The largest absolute Gasteiger partial charge is 0.494 e. The number of rotatable bonds is 6. The molecule has 1 atom stereocenters. The van der Waals surface area contributed by atoms with Crippen LogP contribution in [0.15, 0.2) is 18.2 Å². The third-order valence-corrected chi connectivity index (χ3v) is 4.29. The van der Waals surface area contributed by atoms with Gasteiger partial charge in [0, 0.05) is 45.3 Å². The molecule has 0 bridgehead atoms. The van der Waals surface area contributed by atoms with Gasteiger partial charge >= 0.3 is 0 Å². The maximum Gasteiger partial charge on any atom is 0.165 e. The monoisotopic (exact) mass is 295 g/mol. The Kier molecular flexibility index (Phi) is 5.96. The van der Waals surface area contributed by atoms with Crippen molar-refractivity contribution < 1.29 is 9.13 Å². The number of hydrogen-bond donors (Lipinski definition) is 1. The van der Waals surface area contributed by atoms with Crippen LogP contribution in [0.3, 0.4) is 0 Å². The van der Waals surface area contributed by atoms with Crippen LogP contribution in [0.2, 0.25) is 0 Å². The highest BCUT2D eigenvalue weighted by Crippen LogP contribution is 2.19. The van der Waals surface area contributed by atoms with E-state index in [0.29, 0.717) is 11.8 Å². The van der Waals surface area contributed by atoms with Gasteiger partial charge in [-0.25, -0.2) is 4.39 Å². The van der Waals surface area contributed by atoms with Crippen molar-refractivity contribution in [3.05, 3.63) is 29.6 Å². The van der Waals surface area contributed by atoms with Crippen molar-refractivity contribution in [1.29, 1.82) is 0 Å². The minimum Gasteiger partial charge on any atom is -0.494 e. The van der Waals surface area contributed by atoms with Crippen LogP contribution in [-0.2, 0) is 6.54 Å². The first-order valence-corrected chi connectivity index (χ1v) is 7.66. The van der Waals surface area contributed by atoms with E-state index in [1.54, 1.807) is 12.1 Å². The molecule has 1 aliphatic rings. The Morgan fingerprint density at radius 2 is 2.00 bits per heavy atom. The van der Waals surface area contributed by atoms with E-state index < -0.39 is 0 Å². The molecule has 0 radical (unpaired) electrons. The van der Waals surface area contributed by atoms with Crippen molar-refractivity contribution in [3.8, 4) is 5.75 Å². The Labute approximate surface area is 126 Å². The molecule has 1 aliphatic heterocycles. The third-order valence-electron chi connectivity index (χ3n) is 4.29. The molecule has 21 heavy (non-hydrogen) atoms. The lowest BCUT2D eigenvalue weighted by molar-refractivity contribution is 0.0926. The molecular formula is C16H26FN3O. The summed E-state index contributed by atoms with van der Waals surface area (Å²) in [6.45, 7) is 7.77. The van der Waals surface area contributed by atoms with Crippen LogP contribution in [0.1, 0.15) is 18.9 Å². The molecule has 1 heterocycles. The quantitative estimate of drug-likeness (QED) is 0.867. The van der Waals surface area contributed by atoms with Gasteiger partial charge in [0.2, 0.25) is 0 Å². The molecule has 1 fully saturated rings. The van der Waals surface area contributed by atoms with Gasteiger partial charge in [-0.2, -0.15) is 0 Å². The molecule has 0 spiro atoms. The molecule has 1 aromatic rings. The lowest BCUT2D eigenvalue weighted by Gasteiger charge is -2.38. The lowest BCUT2D eigenvalue weighted by atomic mass is 10.1. The first kappa shape index (κ1) is 16.2. The average molecular weight is 295 g/mol. The molecule has 2 rings (SSSR count). The third kappa shape index (κ3) is 4.15. The Morgan fingerprint density at radius 3 is 2.52 bits per heavy atom. The van der Waals surface area contributed by atoms with Crippen LogP contribution in [0.5, 0.6) is 5.75 Å². The van der Waals surface area contributed by atoms with Gasteiger partial charge in [-0.05, 0) is 24.1 Å². The van der Waals surface area contributed by atoms with Gasteiger partial charge in [0.15, 0.2) is 11.6 Å². The standard InChI is InChI=1S/C16H26FN3O/c1-3-14(11-18)20-8-6-19(7-9-20)12-13-4-5-16(21-2)15(17)10-13/h4-5,10,14H,3,6-9,11-12,18H2,1-2H3. The number of methoxy groups -OCH3 is 1. The van der Waals surface area contributed by atoms with Crippen molar-refractivity contribution >= 4 is 0 Å². The Morgan fingerprint density at radius 1 is 1.29 bits per heavy atom. The van der Waals surface area contributed by atoms with Crippen molar-refractivity contribution in [2.24, 2.45) is 5.73 Å². The summed E-state index contributed by atoms with van der Waals surface area (Å²) in [6, 6.07) is 5.69. The van der Waals surface area contributed by atoms with E-state index in [2.05, 4.69) is 16.7 Å². The summed E-state index contributed by atoms with van der Waals surface area (Å²) in [6.07, 6.45) is 1.10. The van der Waals surface area contributed by atoms with E-state index in [9.17, 15) is 4.39 Å². The van der Waals surface area contributed by atoms with Gasteiger partial charge in [0.05, 0.1) is 7.11 Å². The number of nitrogens with two attached hydrogens (primary N) is 1. The van der Waals surface area contributed by atoms with Crippen LogP contribution >= 0.6 is 0 Å². The predicted molar refractivity (Wildman–Crippen MR) is 82.9 cm³/mol.